The van der Waals surface area contributed by atoms with Crippen molar-refractivity contribution < 1.29 is 4.74 Å². The lowest BCUT2D eigenvalue weighted by molar-refractivity contribution is 0.0164. The van der Waals surface area contributed by atoms with Crippen LogP contribution < -0.4 is 0 Å². The fraction of sp³-hybridized carbons (Fsp3) is 1.00. The van der Waals surface area contributed by atoms with Gasteiger partial charge >= 0.3 is 0 Å². The average molecular weight is 421 g/mol. The fourth-order valence-corrected chi connectivity index (χ4v) is 5.61. The van der Waals surface area contributed by atoms with Crippen LogP contribution in [-0.2, 0) is 4.74 Å². The van der Waals surface area contributed by atoms with Gasteiger partial charge in [-0.15, -0.1) is 0 Å². The molecule has 0 amide bonds. The first kappa shape index (κ1) is 24.5. The van der Waals surface area contributed by atoms with E-state index in [1.165, 1.54) is 90.6 Å². The normalized spacial score (nSPS) is 25.0. The molecule has 3 heteroatoms. The molecule has 3 nitrogen and oxygen atoms in total. The summed E-state index contributed by atoms with van der Waals surface area (Å²) in [6.45, 7) is 24.3. The van der Waals surface area contributed by atoms with E-state index in [4.69, 9.17) is 4.74 Å². The van der Waals surface area contributed by atoms with E-state index < -0.39 is 0 Å². The van der Waals surface area contributed by atoms with Crippen LogP contribution in [0.1, 0.15) is 92.9 Å². The van der Waals surface area contributed by atoms with Crippen molar-refractivity contribution in [1.82, 2.24) is 9.80 Å². The highest BCUT2D eigenvalue weighted by atomic mass is 16.5. The summed E-state index contributed by atoms with van der Waals surface area (Å²) in [5.41, 5.74) is 1.35. The number of piperidine rings is 2. The van der Waals surface area contributed by atoms with Gasteiger partial charge in [-0.3, -0.25) is 0 Å². The first-order valence-electron chi connectivity index (χ1n) is 13.1. The second-order valence-corrected chi connectivity index (χ2v) is 12.9. The molecule has 0 atom stereocenters. The molecule has 1 saturated carbocycles. The Kier molecular flexibility index (Phi) is 8.35. The Labute approximate surface area is 188 Å². The van der Waals surface area contributed by atoms with Gasteiger partial charge in [0.25, 0.3) is 0 Å². The van der Waals surface area contributed by atoms with Gasteiger partial charge < -0.3 is 14.5 Å². The smallest absolute Gasteiger partial charge is 0.0478 e. The van der Waals surface area contributed by atoms with Gasteiger partial charge in [-0.25, -0.2) is 0 Å². The predicted octanol–water partition coefficient (Wildman–Crippen LogP) is 6.08. The average Bonchev–Trinajstić information content (AvgIpc) is 3.49. The molecule has 0 aromatic heterocycles. The summed E-state index contributed by atoms with van der Waals surface area (Å²) in [6.07, 6.45) is 10.8. The molecule has 3 fully saturated rings. The topological polar surface area (TPSA) is 15.7 Å². The van der Waals surface area contributed by atoms with E-state index in [0.29, 0.717) is 16.2 Å². The Morgan fingerprint density at radius 2 is 1.47 bits per heavy atom. The molecule has 3 rings (SSSR count). The quantitative estimate of drug-likeness (QED) is 0.398. The van der Waals surface area contributed by atoms with Crippen molar-refractivity contribution in [2.75, 3.05) is 52.5 Å². The Morgan fingerprint density at radius 3 is 2.03 bits per heavy atom. The van der Waals surface area contributed by atoms with Crippen molar-refractivity contribution >= 4 is 0 Å². The second kappa shape index (κ2) is 10.2. The third-order valence-electron chi connectivity index (χ3n) is 9.33. The molecule has 2 aliphatic heterocycles. The minimum Gasteiger partial charge on any atom is -0.381 e. The number of ether oxygens (including phenoxy) is 1. The van der Waals surface area contributed by atoms with Crippen LogP contribution in [0.25, 0.3) is 0 Å². The Bertz CT molecular complexity index is 503. The molecule has 0 aromatic carbocycles. The summed E-state index contributed by atoms with van der Waals surface area (Å²) in [7, 11) is 0. The number of hydrogen-bond donors (Lipinski definition) is 0. The summed E-state index contributed by atoms with van der Waals surface area (Å²) in [4.78, 5) is 5.39. The summed E-state index contributed by atoms with van der Waals surface area (Å²) in [5.74, 6) is 1.91. The minimum absolute atomic E-state index is 0.419. The molecule has 0 N–H and O–H groups in total. The zero-order valence-corrected chi connectivity index (χ0v) is 21.3. The van der Waals surface area contributed by atoms with Crippen LogP contribution in [0.5, 0.6) is 0 Å². The maximum atomic E-state index is 6.09. The monoisotopic (exact) mass is 420 g/mol. The zero-order chi connectivity index (χ0) is 21.8. The van der Waals surface area contributed by atoms with Crippen LogP contribution in [0.15, 0.2) is 0 Å². The van der Waals surface area contributed by atoms with Crippen molar-refractivity contribution in [2.24, 2.45) is 28.1 Å². The molecule has 176 valence electrons. The van der Waals surface area contributed by atoms with Crippen LogP contribution in [-0.4, -0.2) is 62.3 Å². The third-order valence-corrected chi connectivity index (χ3v) is 9.33. The molecule has 30 heavy (non-hydrogen) atoms. The van der Waals surface area contributed by atoms with E-state index in [1.807, 2.05) is 0 Å². The Balaban J connectivity index is 1.23. The van der Waals surface area contributed by atoms with Crippen molar-refractivity contribution in [3.05, 3.63) is 0 Å². The van der Waals surface area contributed by atoms with Crippen LogP contribution >= 0.6 is 0 Å². The van der Waals surface area contributed by atoms with Crippen molar-refractivity contribution in [1.29, 1.82) is 0 Å². The van der Waals surface area contributed by atoms with Gasteiger partial charge in [-0.2, -0.15) is 0 Å². The summed E-state index contributed by atoms with van der Waals surface area (Å²) in [5, 5.41) is 0. The molecule has 2 heterocycles. The van der Waals surface area contributed by atoms with Gasteiger partial charge in [0.15, 0.2) is 0 Å². The van der Waals surface area contributed by atoms with E-state index in [2.05, 4.69) is 51.3 Å². The maximum absolute atomic E-state index is 6.09. The standard InChI is InChI=1S/C27H52N2O/c1-25(2,3)27(6)12-18-28(19-13-27)15-7-20-30-21-14-26(4,5)24-10-16-29(17-11-24)22-23-8-9-23/h23-24H,7-22H2,1-6H3. The lowest BCUT2D eigenvalue weighted by Gasteiger charge is -2.48. The molecule has 2 saturated heterocycles. The number of nitrogens with zero attached hydrogens (tertiary/aromatic N) is 2. The minimum atomic E-state index is 0.419. The number of hydrogen-bond acceptors (Lipinski definition) is 3. The maximum Gasteiger partial charge on any atom is 0.0478 e. The fourth-order valence-electron chi connectivity index (χ4n) is 5.61. The number of rotatable bonds is 10. The summed E-state index contributed by atoms with van der Waals surface area (Å²) >= 11 is 0. The van der Waals surface area contributed by atoms with Crippen LogP contribution in [0, 0.1) is 28.1 Å². The van der Waals surface area contributed by atoms with Crippen molar-refractivity contribution in [2.45, 2.75) is 92.9 Å². The summed E-state index contributed by atoms with van der Waals surface area (Å²) in [6, 6.07) is 0. The first-order valence-corrected chi connectivity index (χ1v) is 13.1. The van der Waals surface area contributed by atoms with Crippen LogP contribution in [0.3, 0.4) is 0 Å². The number of likely N-dealkylation sites (tertiary alicyclic amines) is 2. The van der Waals surface area contributed by atoms with E-state index in [0.717, 1.165) is 25.0 Å². The predicted molar refractivity (Wildman–Crippen MR) is 129 cm³/mol. The Hall–Kier alpha value is -0.120. The molecule has 0 unspecified atom stereocenters. The van der Waals surface area contributed by atoms with Crippen molar-refractivity contribution in [3.8, 4) is 0 Å². The third kappa shape index (κ3) is 6.94. The van der Waals surface area contributed by atoms with E-state index in [1.54, 1.807) is 0 Å². The largest absolute Gasteiger partial charge is 0.381 e. The van der Waals surface area contributed by atoms with Crippen LogP contribution in [0.4, 0.5) is 0 Å². The molecule has 0 aromatic rings. The second-order valence-electron chi connectivity index (χ2n) is 12.9. The molecule has 1 aliphatic carbocycles. The van der Waals surface area contributed by atoms with Crippen LogP contribution in [0.2, 0.25) is 0 Å². The van der Waals surface area contributed by atoms with Gasteiger partial charge in [-0.05, 0) is 106 Å². The highest BCUT2D eigenvalue weighted by Crippen LogP contribution is 2.46. The van der Waals surface area contributed by atoms with E-state index in [9.17, 15) is 0 Å². The van der Waals surface area contributed by atoms with Gasteiger partial charge in [-0.1, -0.05) is 41.5 Å². The molecule has 0 bridgehead atoms. The molecule has 0 radical (unpaired) electrons. The highest BCUT2D eigenvalue weighted by molar-refractivity contribution is 4.91. The van der Waals surface area contributed by atoms with Gasteiger partial charge in [0.05, 0.1) is 0 Å². The van der Waals surface area contributed by atoms with Gasteiger partial charge in [0.1, 0.15) is 0 Å². The lowest BCUT2D eigenvalue weighted by Crippen LogP contribution is -2.45. The van der Waals surface area contributed by atoms with E-state index in [-0.39, 0.29) is 0 Å². The van der Waals surface area contributed by atoms with Gasteiger partial charge in [0, 0.05) is 26.3 Å². The van der Waals surface area contributed by atoms with Gasteiger partial charge in [0.2, 0.25) is 0 Å². The SMILES string of the molecule is CC(C)(CCOCCCN1CCC(C)(C(C)(C)C)CC1)C1CCN(CC2CC2)CC1. The van der Waals surface area contributed by atoms with E-state index >= 15 is 0 Å². The summed E-state index contributed by atoms with van der Waals surface area (Å²) < 4.78 is 6.09. The lowest BCUT2D eigenvalue weighted by atomic mass is 9.63. The molecular weight excluding hydrogens is 368 g/mol. The van der Waals surface area contributed by atoms with Crippen molar-refractivity contribution in [3.63, 3.8) is 0 Å². The first-order chi connectivity index (χ1) is 14.1. The highest BCUT2D eigenvalue weighted by Gasteiger charge is 2.39. The Morgan fingerprint density at radius 1 is 0.833 bits per heavy atom. The molecule has 3 aliphatic rings. The molecular formula is C27H52N2O. The zero-order valence-electron chi connectivity index (χ0n) is 21.3. The molecule has 0 spiro atoms.